The van der Waals surface area contributed by atoms with Crippen molar-refractivity contribution < 1.29 is 37.5 Å². The molecule has 4 fully saturated rings. The lowest BCUT2D eigenvalue weighted by Crippen LogP contribution is -2.50. The zero-order valence-corrected chi connectivity index (χ0v) is 23.6. The molecular formula is C32H26N4O8. The molecule has 4 aromatic rings. The van der Waals surface area contributed by atoms with E-state index in [4.69, 9.17) is 18.3 Å². The summed E-state index contributed by atoms with van der Waals surface area (Å²) in [5, 5.41) is 3.44. The summed E-state index contributed by atoms with van der Waals surface area (Å²) in [6.07, 6.45) is 2.97. The van der Waals surface area contributed by atoms with E-state index < -0.39 is 59.6 Å². The van der Waals surface area contributed by atoms with E-state index in [9.17, 15) is 19.2 Å². The lowest BCUT2D eigenvalue weighted by atomic mass is 9.87. The van der Waals surface area contributed by atoms with Gasteiger partial charge < -0.3 is 18.3 Å². The average molecular weight is 595 g/mol. The summed E-state index contributed by atoms with van der Waals surface area (Å²) in [5.74, 6) is -1.67. The number of hydrogen-bond acceptors (Lipinski definition) is 10. The SMILES string of the molecule is COc1ccc(N2C(=O)[C@@H]3[C@@H](C2=O)N2[C@@H](c4ccco4)[C@H]4C(=O)N(c5ccc(OC)cc5)C(=O)[C@@H]4N2[C@@H]3c2ccco2)cc1. The summed E-state index contributed by atoms with van der Waals surface area (Å²) in [6.45, 7) is 0. The van der Waals surface area contributed by atoms with Crippen LogP contribution in [0.4, 0.5) is 11.4 Å². The fourth-order valence-corrected chi connectivity index (χ4v) is 7.28. The van der Waals surface area contributed by atoms with Crippen LogP contribution in [-0.2, 0) is 19.2 Å². The van der Waals surface area contributed by atoms with Crippen molar-refractivity contribution >= 4 is 35.0 Å². The van der Waals surface area contributed by atoms with Gasteiger partial charge in [-0.3, -0.25) is 19.2 Å². The Hall–Kier alpha value is -5.20. The molecule has 0 bridgehead atoms. The Morgan fingerprint density at radius 3 is 1.23 bits per heavy atom. The van der Waals surface area contributed by atoms with Gasteiger partial charge in [0, 0.05) is 0 Å². The fraction of sp³-hybridized carbons (Fsp3) is 0.250. The minimum Gasteiger partial charge on any atom is -0.497 e. The molecule has 4 aliphatic heterocycles. The van der Waals surface area contributed by atoms with E-state index in [1.807, 2.05) is 0 Å². The Morgan fingerprint density at radius 1 is 0.523 bits per heavy atom. The number of hydrazine groups is 1. The number of carbonyl (C=O) groups is 4. The molecule has 4 saturated heterocycles. The number of nitrogens with zero attached hydrogens (tertiary/aromatic N) is 4. The van der Waals surface area contributed by atoms with Gasteiger partial charge in [0.25, 0.3) is 11.8 Å². The predicted molar refractivity (Wildman–Crippen MR) is 152 cm³/mol. The van der Waals surface area contributed by atoms with Crippen LogP contribution in [0, 0.1) is 11.8 Å². The van der Waals surface area contributed by atoms with Crippen molar-refractivity contribution in [2.75, 3.05) is 24.0 Å². The van der Waals surface area contributed by atoms with Crippen molar-refractivity contribution in [1.29, 1.82) is 0 Å². The van der Waals surface area contributed by atoms with Gasteiger partial charge in [0.15, 0.2) is 0 Å². The van der Waals surface area contributed by atoms with Gasteiger partial charge in [-0.2, -0.15) is 0 Å². The van der Waals surface area contributed by atoms with Crippen LogP contribution in [0.1, 0.15) is 23.6 Å². The van der Waals surface area contributed by atoms with Crippen molar-refractivity contribution in [3.05, 3.63) is 96.8 Å². The minimum atomic E-state index is -1.02. The fourth-order valence-electron chi connectivity index (χ4n) is 7.28. The second kappa shape index (κ2) is 9.66. The van der Waals surface area contributed by atoms with Crippen molar-refractivity contribution in [2.45, 2.75) is 24.2 Å². The van der Waals surface area contributed by atoms with Crippen LogP contribution < -0.4 is 19.3 Å². The van der Waals surface area contributed by atoms with Gasteiger partial charge in [-0.25, -0.2) is 19.8 Å². The van der Waals surface area contributed by atoms with Crippen LogP contribution >= 0.6 is 0 Å². The maximum atomic E-state index is 14.3. The third-order valence-corrected chi connectivity index (χ3v) is 9.06. The van der Waals surface area contributed by atoms with E-state index in [1.165, 1.54) is 36.5 Å². The van der Waals surface area contributed by atoms with Gasteiger partial charge in [-0.1, -0.05) is 0 Å². The van der Waals surface area contributed by atoms with E-state index >= 15 is 0 Å². The molecule has 6 atom stereocenters. The number of benzene rings is 2. The zero-order valence-electron chi connectivity index (χ0n) is 23.6. The van der Waals surface area contributed by atoms with Crippen LogP contribution in [0.5, 0.6) is 11.5 Å². The highest BCUT2D eigenvalue weighted by Gasteiger charge is 2.74. The second-order valence-electron chi connectivity index (χ2n) is 11.0. The highest BCUT2D eigenvalue weighted by Crippen LogP contribution is 2.59. The number of hydrogen-bond donors (Lipinski definition) is 0. The molecule has 4 aliphatic rings. The number of anilines is 2. The van der Waals surface area contributed by atoms with E-state index in [1.54, 1.807) is 82.8 Å². The Kier molecular flexibility index (Phi) is 5.80. The summed E-state index contributed by atoms with van der Waals surface area (Å²) in [6, 6.07) is 16.4. The van der Waals surface area contributed by atoms with Crippen LogP contribution in [0.25, 0.3) is 0 Å². The number of carbonyl (C=O) groups excluding carboxylic acids is 4. The first-order valence-corrected chi connectivity index (χ1v) is 14.1. The molecule has 4 amide bonds. The van der Waals surface area contributed by atoms with Crippen molar-refractivity contribution in [1.82, 2.24) is 10.0 Å². The highest BCUT2D eigenvalue weighted by molar-refractivity contribution is 6.26. The van der Waals surface area contributed by atoms with Gasteiger partial charge >= 0.3 is 0 Å². The van der Waals surface area contributed by atoms with Gasteiger partial charge in [-0.15, -0.1) is 0 Å². The summed E-state index contributed by atoms with van der Waals surface area (Å²) >= 11 is 0. The standard InChI is InChI=1S/C32H26N4O8/c1-41-19-11-7-17(8-12-19)33-29(37)23-25(21-5-3-15-43-21)36-28-24(26(22-6-4-16-44-22)35(36)27(23)31(33)39)30(38)34(32(28)40)18-9-13-20(42-2)14-10-18/h3-16,23-28H,1-2H3/t23-,24+,25+,26-,27-,28+. The molecule has 6 heterocycles. The molecule has 2 aromatic carbocycles. The molecule has 8 rings (SSSR count). The number of amides is 4. The number of ether oxygens (including phenoxy) is 2. The van der Waals surface area contributed by atoms with Crippen molar-refractivity contribution in [2.24, 2.45) is 11.8 Å². The first kappa shape index (κ1) is 26.4. The maximum Gasteiger partial charge on any atom is 0.253 e. The first-order chi connectivity index (χ1) is 21.4. The molecule has 0 saturated carbocycles. The van der Waals surface area contributed by atoms with E-state index in [-0.39, 0.29) is 0 Å². The lowest BCUT2D eigenvalue weighted by molar-refractivity contribution is -0.136. The number of fused-ring (bicyclic) bond motifs is 5. The molecule has 2 aromatic heterocycles. The average Bonchev–Trinajstić information content (AvgIpc) is 3.88. The van der Waals surface area contributed by atoms with Crippen LogP contribution in [0.15, 0.2) is 94.2 Å². The molecular weight excluding hydrogens is 568 g/mol. The molecule has 222 valence electrons. The van der Waals surface area contributed by atoms with Gasteiger partial charge in [0.1, 0.15) is 35.1 Å². The third-order valence-electron chi connectivity index (χ3n) is 9.06. The zero-order chi connectivity index (χ0) is 30.3. The molecule has 0 spiro atoms. The monoisotopic (exact) mass is 594 g/mol. The summed E-state index contributed by atoms with van der Waals surface area (Å²) in [5.41, 5.74) is 0.790. The van der Waals surface area contributed by atoms with E-state index in [0.29, 0.717) is 34.4 Å². The summed E-state index contributed by atoms with van der Waals surface area (Å²) < 4.78 is 22.2. The Labute approximate surface area is 250 Å². The molecule has 0 radical (unpaired) electrons. The smallest absolute Gasteiger partial charge is 0.253 e. The Bertz CT molecular complexity index is 1640. The number of methoxy groups -OCH3 is 2. The Morgan fingerprint density at radius 2 is 0.909 bits per heavy atom. The normalized spacial score (nSPS) is 28.1. The second-order valence-corrected chi connectivity index (χ2v) is 11.0. The van der Waals surface area contributed by atoms with Gasteiger partial charge in [0.2, 0.25) is 11.8 Å². The lowest BCUT2D eigenvalue weighted by Gasteiger charge is -2.34. The van der Waals surface area contributed by atoms with Crippen molar-refractivity contribution in [3.8, 4) is 11.5 Å². The number of rotatable bonds is 6. The topological polar surface area (TPSA) is 126 Å². The summed E-state index contributed by atoms with van der Waals surface area (Å²) in [4.78, 5) is 59.4. The molecule has 44 heavy (non-hydrogen) atoms. The number of imide groups is 2. The Balaban J connectivity index is 1.27. The highest BCUT2D eigenvalue weighted by atomic mass is 16.5. The van der Waals surface area contributed by atoms with E-state index in [0.717, 1.165) is 0 Å². The number of furan rings is 2. The van der Waals surface area contributed by atoms with Gasteiger partial charge in [0.05, 0.1) is 62.0 Å². The van der Waals surface area contributed by atoms with Crippen LogP contribution in [-0.4, -0.2) is 59.9 Å². The van der Waals surface area contributed by atoms with Crippen LogP contribution in [0.2, 0.25) is 0 Å². The molecule has 12 nitrogen and oxygen atoms in total. The third kappa shape index (κ3) is 3.46. The molecule has 0 N–H and O–H groups in total. The van der Waals surface area contributed by atoms with Crippen molar-refractivity contribution in [3.63, 3.8) is 0 Å². The molecule has 12 heteroatoms. The summed E-state index contributed by atoms with van der Waals surface area (Å²) in [7, 11) is 3.07. The molecule has 0 aliphatic carbocycles. The largest absolute Gasteiger partial charge is 0.497 e. The van der Waals surface area contributed by atoms with E-state index in [2.05, 4.69) is 0 Å². The molecule has 0 unspecified atom stereocenters. The quantitative estimate of drug-likeness (QED) is 0.307. The maximum absolute atomic E-state index is 14.3. The predicted octanol–water partition coefficient (Wildman–Crippen LogP) is 3.33. The first-order valence-electron chi connectivity index (χ1n) is 14.1. The minimum absolute atomic E-state index is 0.395. The van der Waals surface area contributed by atoms with Crippen LogP contribution in [0.3, 0.4) is 0 Å². The van der Waals surface area contributed by atoms with Gasteiger partial charge in [-0.05, 0) is 72.8 Å².